The first-order valence-electron chi connectivity index (χ1n) is 8.37. The van der Waals surface area contributed by atoms with Crippen molar-refractivity contribution >= 4 is 35.2 Å². The van der Waals surface area contributed by atoms with Gasteiger partial charge in [0.25, 0.3) is 0 Å². The Morgan fingerprint density at radius 1 is 0.652 bits per heavy atom. The van der Waals surface area contributed by atoms with Crippen LogP contribution < -0.4 is 11.5 Å². The molecule has 0 atom stereocenters. The van der Waals surface area contributed by atoms with E-state index in [0.29, 0.717) is 0 Å². The molecule has 0 rings (SSSR count). The van der Waals surface area contributed by atoms with E-state index in [9.17, 15) is 0 Å². The molecule has 0 aromatic heterocycles. The van der Waals surface area contributed by atoms with Crippen LogP contribution in [-0.4, -0.2) is 48.0 Å². The van der Waals surface area contributed by atoms with Crippen molar-refractivity contribution in [2.24, 2.45) is 11.5 Å². The molecule has 23 heavy (non-hydrogen) atoms. The summed E-state index contributed by atoms with van der Waals surface area (Å²) in [5.41, 5.74) is 14.4. The van der Waals surface area contributed by atoms with Gasteiger partial charge in [-0.3, -0.25) is 0 Å². The molecule has 0 unspecified atom stereocenters. The number of hydrogen-bond acceptors (Lipinski definition) is 2. The minimum atomic E-state index is -0.346. The van der Waals surface area contributed by atoms with Crippen molar-refractivity contribution in [3.63, 3.8) is 0 Å². The quantitative estimate of drug-likeness (QED) is 0.328. The van der Waals surface area contributed by atoms with E-state index >= 15 is 0 Å². The van der Waals surface area contributed by atoms with Gasteiger partial charge in [-0.25, -0.2) is 0 Å². The van der Waals surface area contributed by atoms with Crippen LogP contribution in [0.1, 0.15) is 55.4 Å². The molecule has 0 radical (unpaired) electrons. The first kappa shape index (κ1) is 29.7. The molecule has 0 aromatic carbocycles. The first-order chi connectivity index (χ1) is 10.6. The fourth-order valence-corrected chi connectivity index (χ4v) is 7.57. The Morgan fingerprint density at radius 2 is 0.826 bits per heavy atom. The molecule has 0 aliphatic carbocycles. The molecule has 0 saturated carbocycles. The third-order valence-corrected chi connectivity index (χ3v) is 10.3. The molecule has 0 aliphatic heterocycles. The van der Waals surface area contributed by atoms with Crippen LogP contribution in [-0.2, 0) is 15.1 Å². The van der Waals surface area contributed by atoms with Crippen LogP contribution in [0, 0.1) is 0 Å². The Labute approximate surface area is 164 Å². The van der Waals surface area contributed by atoms with Crippen molar-refractivity contribution < 1.29 is 15.1 Å². The normalized spacial score (nSPS) is 11.2. The van der Waals surface area contributed by atoms with Gasteiger partial charge >= 0.3 is 34.5 Å². The van der Waals surface area contributed by atoms with Crippen LogP contribution in [0.2, 0.25) is 0 Å². The molecule has 0 spiro atoms. The third kappa shape index (κ3) is 20.2. The van der Waals surface area contributed by atoms with Crippen LogP contribution in [0.5, 0.6) is 0 Å². The van der Waals surface area contributed by atoms with Crippen LogP contribution in [0.3, 0.4) is 0 Å². The predicted octanol–water partition coefficient (Wildman–Crippen LogP) is 5.86. The molecule has 144 valence electrons. The zero-order chi connectivity index (χ0) is 19.0. The molecule has 0 bridgehead atoms. The summed E-state index contributed by atoms with van der Waals surface area (Å²) < 4.78 is 0. The molecule has 0 aromatic rings. The SMILES string of the molecule is CC(C)P(CCN)C(C)C.CC(C)P(CCN)C(C)C.[Cl][Ru+2][Cl]. The molecule has 0 heterocycles. The fourth-order valence-electron chi connectivity index (χ4n) is 2.52. The summed E-state index contributed by atoms with van der Waals surface area (Å²) in [5, 5.41) is 0. The van der Waals surface area contributed by atoms with Gasteiger partial charge < -0.3 is 11.5 Å². The van der Waals surface area contributed by atoms with Gasteiger partial charge in [-0.1, -0.05) is 55.4 Å². The topological polar surface area (TPSA) is 52.0 Å². The average molecular weight is 494 g/mol. The monoisotopic (exact) mass is 494 g/mol. The Morgan fingerprint density at radius 3 is 0.870 bits per heavy atom. The van der Waals surface area contributed by atoms with Crippen molar-refractivity contribution in [3.8, 4) is 0 Å². The fraction of sp³-hybridized carbons (Fsp3) is 1.00. The van der Waals surface area contributed by atoms with Crippen LogP contribution >= 0.6 is 35.2 Å². The van der Waals surface area contributed by atoms with Gasteiger partial charge in [0, 0.05) is 0 Å². The summed E-state index contributed by atoms with van der Waals surface area (Å²) in [6.45, 7) is 20.2. The number of rotatable bonds is 8. The van der Waals surface area contributed by atoms with E-state index in [-0.39, 0.29) is 31.0 Å². The van der Waals surface area contributed by atoms with Gasteiger partial charge in [-0.05, 0) is 48.0 Å². The maximum atomic E-state index is 5.52. The van der Waals surface area contributed by atoms with E-state index in [2.05, 4.69) is 55.4 Å². The van der Waals surface area contributed by atoms with Gasteiger partial charge in [-0.2, -0.15) is 0 Å². The van der Waals surface area contributed by atoms with E-state index in [1.165, 1.54) is 12.3 Å². The second-order valence-corrected chi connectivity index (χ2v) is 16.2. The molecular formula is C16H40Cl2N2P2Ru+2. The Balaban J connectivity index is -0.000000297. The molecule has 2 nitrogen and oxygen atoms in total. The van der Waals surface area contributed by atoms with Gasteiger partial charge in [0.2, 0.25) is 0 Å². The van der Waals surface area contributed by atoms with Crippen LogP contribution in [0.15, 0.2) is 0 Å². The Kier molecular flexibility index (Phi) is 26.2. The third-order valence-electron chi connectivity index (χ3n) is 3.43. The van der Waals surface area contributed by atoms with E-state index in [0.717, 1.165) is 35.7 Å². The summed E-state index contributed by atoms with van der Waals surface area (Å²) in [6.07, 6.45) is 2.48. The molecule has 0 aliphatic rings. The molecule has 7 heteroatoms. The number of hydrogen-bond donors (Lipinski definition) is 2. The van der Waals surface area contributed by atoms with Crippen LogP contribution in [0.25, 0.3) is 0 Å². The molecule has 0 saturated heterocycles. The molecule has 0 amide bonds. The maximum absolute atomic E-state index is 5.52. The Bertz CT molecular complexity index is 196. The van der Waals surface area contributed by atoms with E-state index < -0.39 is 0 Å². The second kappa shape index (κ2) is 20.3. The second-order valence-electron chi connectivity index (χ2n) is 6.48. The Hall–Kier alpha value is 1.98. The van der Waals surface area contributed by atoms with Crippen molar-refractivity contribution in [1.82, 2.24) is 0 Å². The van der Waals surface area contributed by atoms with Crippen LogP contribution in [0.4, 0.5) is 0 Å². The minimum absolute atomic E-state index is 0.196. The first-order valence-corrected chi connectivity index (χ1v) is 16.2. The predicted molar refractivity (Wildman–Crippen MR) is 114 cm³/mol. The van der Waals surface area contributed by atoms with Gasteiger partial charge in [0.15, 0.2) is 0 Å². The van der Waals surface area contributed by atoms with Crippen molar-refractivity contribution in [2.75, 3.05) is 25.4 Å². The molecule has 0 fully saturated rings. The van der Waals surface area contributed by atoms with Gasteiger partial charge in [0.05, 0.1) is 0 Å². The summed E-state index contributed by atoms with van der Waals surface area (Å²) in [6, 6.07) is 0. The number of nitrogens with two attached hydrogens (primary N) is 2. The van der Waals surface area contributed by atoms with E-state index in [4.69, 9.17) is 30.8 Å². The average Bonchev–Trinajstić information content (AvgIpc) is 2.42. The van der Waals surface area contributed by atoms with Crippen molar-refractivity contribution in [1.29, 1.82) is 0 Å². The summed E-state index contributed by atoms with van der Waals surface area (Å²) in [7, 11) is 10.1. The van der Waals surface area contributed by atoms with Gasteiger partial charge in [0.1, 0.15) is 0 Å². The van der Waals surface area contributed by atoms with E-state index in [1.54, 1.807) is 0 Å². The summed E-state index contributed by atoms with van der Waals surface area (Å²) in [4.78, 5) is 0. The van der Waals surface area contributed by atoms with E-state index in [1.807, 2.05) is 0 Å². The number of halogens is 2. The zero-order valence-electron chi connectivity index (χ0n) is 16.3. The van der Waals surface area contributed by atoms with Crippen molar-refractivity contribution in [2.45, 2.75) is 78.0 Å². The standard InChI is InChI=1S/2C8H20NP.2ClH.Ru/c2*1-7(2)10(6-5-9)8(3)4;;;/h2*7-8H,5-6,9H2,1-4H3;2*1H;/q;;;;+4/p-2. The molecular weight excluding hydrogens is 454 g/mol. The zero-order valence-corrected chi connectivity index (χ0v) is 21.3. The molecule has 4 N–H and O–H groups in total. The van der Waals surface area contributed by atoms with Crippen molar-refractivity contribution in [3.05, 3.63) is 0 Å². The van der Waals surface area contributed by atoms with Gasteiger partial charge in [-0.15, -0.1) is 15.8 Å². The summed E-state index contributed by atoms with van der Waals surface area (Å²) in [5.74, 6) is 0. The summed E-state index contributed by atoms with van der Waals surface area (Å²) >= 11 is -0.346.